The first kappa shape index (κ1) is 30.8. The van der Waals surface area contributed by atoms with E-state index in [0.29, 0.717) is 32.1 Å². The van der Waals surface area contributed by atoms with Crippen LogP contribution in [0.15, 0.2) is 27.7 Å². The zero-order valence-corrected chi connectivity index (χ0v) is 26.5. The van der Waals surface area contributed by atoms with Crippen molar-refractivity contribution >= 4 is 35.4 Å². The van der Waals surface area contributed by atoms with Crippen molar-refractivity contribution in [2.45, 2.75) is 102 Å². The van der Waals surface area contributed by atoms with E-state index in [9.17, 15) is 4.55 Å². The number of hydrogen-bond donors (Lipinski definition) is 1. The van der Waals surface area contributed by atoms with E-state index in [1.54, 1.807) is 18.5 Å². The van der Waals surface area contributed by atoms with Crippen LogP contribution in [0.5, 0.6) is 0 Å². The van der Waals surface area contributed by atoms with E-state index in [4.69, 9.17) is 18.7 Å². The summed E-state index contributed by atoms with van der Waals surface area (Å²) in [4.78, 5) is 4.67. The third-order valence-corrected chi connectivity index (χ3v) is 10.2. The average molecular weight is 620 g/mol. The zero-order chi connectivity index (χ0) is 27.1. The Morgan fingerprint density at radius 3 is 2.59 bits per heavy atom. The largest absolute Gasteiger partial charge is 0.598 e. The molecule has 9 nitrogen and oxygen atoms in total. The van der Waals surface area contributed by atoms with Crippen LogP contribution in [0.2, 0.25) is 25.7 Å². The number of aromatic nitrogens is 3. The molecule has 0 spiro atoms. The van der Waals surface area contributed by atoms with Gasteiger partial charge >= 0.3 is 0 Å². The van der Waals surface area contributed by atoms with Crippen LogP contribution >= 0.6 is 15.9 Å². The topological polar surface area (TPSA) is 107 Å². The van der Waals surface area contributed by atoms with Crippen LogP contribution in [0, 0.1) is 0 Å². The highest BCUT2D eigenvalue weighted by molar-refractivity contribution is 9.10. The minimum Gasteiger partial charge on any atom is -0.598 e. The number of nitrogens with zero attached hydrogens (tertiary/aromatic N) is 3. The van der Waals surface area contributed by atoms with Crippen LogP contribution in [0.1, 0.15) is 70.4 Å². The summed E-state index contributed by atoms with van der Waals surface area (Å²) in [5.74, 6) is 0.0197. The van der Waals surface area contributed by atoms with Crippen LogP contribution < -0.4 is 4.72 Å². The van der Waals surface area contributed by atoms with Gasteiger partial charge in [-0.05, 0) is 55.6 Å². The molecule has 2 aromatic heterocycles. The molecule has 1 fully saturated rings. The molecule has 0 bridgehead atoms. The number of imidazole rings is 1. The Kier molecular flexibility index (Phi) is 11.3. The third kappa shape index (κ3) is 9.16. The quantitative estimate of drug-likeness (QED) is 0.150. The highest BCUT2D eigenvalue weighted by Gasteiger charge is 2.40. The van der Waals surface area contributed by atoms with Crippen molar-refractivity contribution in [2.75, 3.05) is 19.8 Å². The molecule has 2 unspecified atom stereocenters. The highest BCUT2D eigenvalue weighted by atomic mass is 79.9. The average Bonchev–Trinajstić information content (AvgIpc) is 3.56. The Labute approximate surface area is 233 Å². The standard InChI is InChI=1S/C25H43BrN4O5SSi/c1-24(2,3)36(31)29-20(23-27-18-22(26)30(23)19-32-16-17-37(4,5)6)10-8-7-9-12-25(33-14-15-34-25)21-11-13-35-28-21/h11,13,18,20,29H,7-10,12,14-17,19H2,1-6H3. The van der Waals surface area contributed by atoms with Crippen molar-refractivity contribution in [3.8, 4) is 0 Å². The lowest BCUT2D eigenvalue weighted by Crippen LogP contribution is -2.42. The smallest absolute Gasteiger partial charge is 0.215 e. The summed E-state index contributed by atoms with van der Waals surface area (Å²) in [5.41, 5.74) is 0.686. The fraction of sp³-hybridized carbons (Fsp3) is 0.760. The summed E-state index contributed by atoms with van der Waals surface area (Å²) in [7, 11) is -1.17. The van der Waals surface area contributed by atoms with Crippen LogP contribution in [-0.2, 0) is 38.1 Å². The first-order valence-electron chi connectivity index (χ1n) is 13.1. The van der Waals surface area contributed by atoms with E-state index in [1.807, 2.05) is 25.3 Å². The van der Waals surface area contributed by atoms with Crippen molar-refractivity contribution in [2.24, 2.45) is 0 Å². The van der Waals surface area contributed by atoms with Gasteiger partial charge in [0.15, 0.2) is 0 Å². The van der Waals surface area contributed by atoms with E-state index < -0.39 is 25.2 Å². The van der Waals surface area contributed by atoms with E-state index in [2.05, 4.69) is 50.4 Å². The van der Waals surface area contributed by atoms with Crippen LogP contribution in [-0.4, -0.2) is 51.9 Å². The van der Waals surface area contributed by atoms with Crippen molar-refractivity contribution in [1.29, 1.82) is 0 Å². The number of rotatable bonds is 15. The van der Waals surface area contributed by atoms with Gasteiger partial charge in [-0.15, -0.1) is 4.72 Å². The molecule has 0 radical (unpaired) electrons. The molecule has 0 amide bonds. The Bertz CT molecular complexity index is 942. The molecule has 2 atom stereocenters. The lowest BCUT2D eigenvalue weighted by Gasteiger charge is -2.28. The first-order valence-corrected chi connectivity index (χ1v) is 18.7. The molecule has 3 heterocycles. The summed E-state index contributed by atoms with van der Waals surface area (Å²) in [6.45, 7) is 15.2. The Morgan fingerprint density at radius 2 is 1.97 bits per heavy atom. The summed E-state index contributed by atoms with van der Waals surface area (Å²) < 4.78 is 41.8. The van der Waals surface area contributed by atoms with E-state index in [0.717, 1.165) is 48.8 Å². The fourth-order valence-electron chi connectivity index (χ4n) is 4.02. The zero-order valence-electron chi connectivity index (χ0n) is 23.0. The minimum atomic E-state index is -1.23. The maximum Gasteiger partial charge on any atom is 0.215 e. The normalized spacial score (nSPS) is 17.8. The summed E-state index contributed by atoms with van der Waals surface area (Å²) >= 11 is 2.39. The molecule has 1 aliphatic heterocycles. The molecule has 1 saturated heterocycles. The third-order valence-electron chi connectivity index (χ3n) is 6.25. The maximum atomic E-state index is 13.0. The Balaban J connectivity index is 1.61. The molecule has 0 aliphatic carbocycles. The molecular formula is C25H43BrN4O5SSi. The number of unbranched alkanes of at least 4 members (excludes halogenated alkanes) is 2. The monoisotopic (exact) mass is 618 g/mol. The van der Waals surface area contributed by atoms with Crippen molar-refractivity contribution < 1.29 is 23.3 Å². The van der Waals surface area contributed by atoms with Crippen molar-refractivity contribution in [3.63, 3.8) is 0 Å². The van der Waals surface area contributed by atoms with Gasteiger partial charge in [-0.3, -0.25) is 4.57 Å². The highest BCUT2D eigenvalue weighted by Crippen LogP contribution is 2.36. The van der Waals surface area contributed by atoms with Gasteiger partial charge in [0.1, 0.15) is 39.9 Å². The van der Waals surface area contributed by atoms with Crippen LogP contribution in [0.3, 0.4) is 0 Å². The SMILES string of the molecule is CC(C)(C)[S+]([O-])NC(CCCCCC1(c2ccon2)OCCO1)c1ncc(Br)n1COCC[Si](C)(C)C. The van der Waals surface area contributed by atoms with Gasteiger partial charge in [0.05, 0.1) is 19.4 Å². The van der Waals surface area contributed by atoms with E-state index in [-0.39, 0.29) is 10.8 Å². The van der Waals surface area contributed by atoms with Gasteiger partial charge in [0, 0.05) is 38.5 Å². The van der Waals surface area contributed by atoms with Gasteiger partial charge in [-0.1, -0.05) is 37.6 Å². The molecular weight excluding hydrogens is 576 g/mol. The van der Waals surface area contributed by atoms with Crippen LogP contribution in [0.25, 0.3) is 0 Å². The van der Waals surface area contributed by atoms with Crippen LogP contribution in [0.4, 0.5) is 0 Å². The number of hydrogen-bond acceptors (Lipinski definition) is 8. The summed E-state index contributed by atoms with van der Waals surface area (Å²) in [6.07, 6.45) is 7.62. The second kappa shape index (κ2) is 13.6. The van der Waals surface area contributed by atoms with Gasteiger partial charge in [-0.25, -0.2) is 4.98 Å². The Hall–Kier alpha value is -0.733. The molecule has 37 heavy (non-hydrogen) atoms. The second-order valence-corrected chi connectivity index (χ2v) is 20.1. The molecule has 0 saturated carbocycles. The second-order valence-electron chi connectivity index (χ2n) is 11.7. The van der Waals surface area contributed by atoms with Gasteiger partial charge in [-0.2, -0.15) is 0 Å². The van der Waals surface area contributed by atoms with Crippen molar-refractivity contribution in [3.05, 3.63) is 34.6 Å². The molecule has 1 N–H and O–H groups in total. The lowest BCUT2D eigenvalue weighted by molar-refractivity contribution is -0.175. The van der Waals surface area contributed by atoms with E-state index >= 15 is 0 Å². The van der Waals surface area contributed by atoms with Gasteiger partial charge in [0.2, 0.25) is 5.79 Å². The van der Waals surface area contributed by atoms with Gasteiger partial charge in [0.25, 0.3) is 0 Å². The molecule has 0 aromatic carbocycles. The maximum absolute atomic E-state index is 13.0. The van der Waals surface area contributed by atoms with Crippen molar-refractivity contribution in [1.82, 2.24) is 19.4 Å². The molecule has 2 aromatic rings. The predicted octanol–water partition coefficient (Wildman–Crippen LogP) is 5.89. The number of nitrogens with one attached hydrogen (secondary N) is 1. The fourth-order valence-corrected chi connectivity index (χ4v) is 6.00. The van der Waals surface area contributed by atoms with Gasteiger partial charge < -0.3 is 23.3 Å². The Morgan fingerprint density at radius 1 is 1.24 bits per heavy atom. The molecule has 3 rings (SSSR count). The molecule has 1 aliphatic rings. The number of halogens is 1. The summed E-state index contributed by atoms with van der Waals surface area (Å²) in [6, 6.07) is 2.74. The van der Waals surface area contributed by atoms with E-state index in [1.165, 1.54) is 0 Å². The summed E-state index contributed by atoms with van der Waals surface area (Å²) in [5, 5.41) is 4.05. The molecule has 210 valence electrons. The first-order chi connectivity index (χ1) is 17.4. The number of ether oxygens (including phenoxy) is 3. The molecule has 12 heteroatoms. The minimum absolute atomic E-state index is 0.171. The predicted molar refractivity (Wildman–Crippen MR) is 151 cm³/mol. The lowest BCUT2D eigenvalue weighted by atomic mass is 10.0.